The predicted molar refractivity (Wildman–Crippen MR) is 257 cm³/mol. The van der Waals surface area contributed by atoms with Crippen LogP contribution in [0.3, 0.4) is 0 Å². The molecule has 0 atom stereocenters. The van der Waals surface area contributed by atoms with Crippen LogP contribution in [0.15, 0.2) is 133 Å². The number of hydrogen-bond donors (Lipinski definition) is 1. The van der Waals surface area contributed by atoms with E-state index in [4.69, 9.17) is 29.7 Å². The number of fused-ring (bicyclic) bond motifs is 1. The molecule has 0 spiro atoms. The van der Waals surface area contributed by atoms with Crippen molar-refractivity contribution in [2.24, 2.45) is 0 Å². The molecule has 0 aliphatic heterocycles. The number of pyridine rings is 1. The largest absolute Gasteiger partial charge is 0.507 e. The molecule has 0 amide bonds. The molecule has 2 aromatic heterocycles. The van der Waals surface area contributed by atoms with Gasteiger partial charge in [0, 0.05) is 55.1 Å². The molecule has 0 fully saturated rings. The van der Waals surface area contributed by atoms with Gasteiger partial charge in [-0.1, -0.05) is 165 Å². The van der Waals surface area contributed by atoms with E-state index in [9.17, 15) is 6.48 Å². The fourth-order valence-corrected chi connectivity index (χ4v) is 7.39. The van der Waals surface area contributed by atoms with Crippen molar-refractivity contribution in [3.63, 3.8) is 0 Å². The topological polar surface area (TPSA) is 50.9 Å². The Kier molecular flexibility index (Phi) is 7.30. The van der Waals surface area contributed by atoms with Gasteiger partial charge in [-0.15, -0.1) is 29.3 Å². The summed E-state index contributed by atoms with van der Waals surface area (Å²) in [5, 5.41) is 12.2. The van der Waals surface area contributed by atoms with E-state index in [-0.39, 0.29) is 61.3 Å². The third kappa shape index (κ3) is 8.73. The normalized spacial score (nSPS) is 17.3. The number of hydrogen-bond acceptors (Lipinski definition) is 3. The van der Waals surface area contributed by atoms with Gasteiger partial charge in [-0.3, -0.25) is 9.55 Å². The number of phenolic OH excluding ortho intramolecular Hbond substituents is 1. The van der Waals surface area contributed by atoms with E-state index in [1.165, 1.54) is 0 Å². The van der Waals surface area contributed by atoms with Crippen LogP contribution in [0.25, 0.3) is 72.7 Å². The summed E-state index contributed by atoms with van der Waals surface area (Å²) in [7, 11) is 0. The first kappa shape index (κ1) is 26.1. The van der Waals surface area contributed by atoms with Crippen molar-refractivity contribution in [1.29, 1.82) is 0 Å². The number of para-hydroxylation sites is 1. The van der Waals surface area contributed by atoms with Crippen molar-refractivity contribution in [2.75, 3.05) is 0 Å². The molecular formula is C57H58N3OPt-. The second-order valence-electron chi connectivity index (χ2n) is 17.0. The van der Waals surface area contributed by atoms with Gasteiger partial charge in [0.05, 0.1) is 26.2 Å². The summed E-state index contributed by atoms with van der Waals surface area (Å²) in [5.74, 6) is 0.184. The summed E-state index contributed by atoms with van der Waals surface area (Å²) in [6.45, 7) is -0.619. The van der Waals surface area contributed by atoms with E-state index in [0.29, 0.717) is 55.7 Å². The molecule has 0 saturated heterocycles. The van der Waals surface area contributed by atoms with Crippen LogP contribution in [0, 0.1) is 12.9 Å². The van der Waals surface area contributed by atoms with Crippen LogP contribution >= 0.6 is 0 Å². The van der Waals surface area contributed by atoms with Gasteiger partial charge in [0.15, 0.2) is 0 Å². The standard InChI is InChI=1S/C57H58N3O.Pt/c1-35(2)41-32-49(36(3)4)54(61)50(33-41)55-59-53-48(18-15-19-52(53)60(55)46-24-25-47(37(5)28-46)39-16-13-12-14-17-39)42-29-43(31-45(30-42)57(9,10)11)51-34-40(26-27-58-51)38-20-22-44(23-21-38)56(6,7)8;/h12-28,30-36,61H,1-11H3;/q-1;/i5D3,6D3,7D3,8D3,20D,21D,22D,23D,26D,27D,34D;. The van der Waals surface area contributed by atoms with Crippen LogP contribution in [-0.4, -0.2) is 19.6 Å². The number of imidazole rings is 1. The summed E-state index contributed by atoms with van der Waals surface area (Å²) in [5.41, 5.74) is -1.62. The van der Waals surface area contributed by atoms with E-state index in [1.54, 1.807) is 41.0 Å². The minimum Gasteiger partial charge on any atom is -0.507 e. The number of nitrogens with zero attached hydrogens (tertiary/aromatic N) is 3. The fraction of sp³-hybridized carbons (Fsp3) is 0.263. The molecule has 6 aromatic carbocycles. The van der Waals surface area contributed by atoms with Gasteiger partial charge in [0.2, 0.25) is 0 Å². The van der Waals surface area contributed by atoms with Gasteiger partial charge in [0.25, 0.3) is 0 Å². The monoisotopic (exact) mass is 1010 g/mol. The maximum atomic E-state index is 12.2. The fourth-order valence-electron chi connectivity index (χ4n) is 7.39. The zero-order valence-corrected chi connectivity index (χ0v) is 37.7. The molecule has 0 aliphatic rings. The van der Waals surface area contributed by atoms with E-state index < -0.39 is 97.4 Å². The zero-order valence-electron chi connectivity index (χ0n) is 54.4. The Hall–Kier alpha value is -5.57. The first-order chi connectivity index (χ1) is 36.9. The molecular weight excluding hydrogens is 938 g/mol. The van der Waals surface area contributed by atoms with E-state index in [0.717, 1.165) is 5.56 Å². The molecule has 1 N–H and O–H groups in total. The molecule has 62 heavy (non-hydrogen) atoms. The van der Waals surface area contributed by atoms with Crippen LogP contribution in [-0.2, 0) is 31.9 Å². The van der Waals surface area contributed by atoms with Gasteiger partial charge < -0.3 is 5.11 Å². The maximum absolute atomic E-state index is 12.2. The van der Waals surface area contributed by atoms with Crippen LogP contribution in [0.4, 0.5) is 0 Å². The number of aryl methyl sites for hydroxylation is 1. The van der Waals surface area contributed by atoms with E-state index >= 15 is 0 Å². The van der Waals surface area contributed by atoms with Gasteiger partial charge >= 0.3 is 0 Å². The predicted octanol–water partition coefficient (Wildman–Crippen LogP) is 15.4. The SMILES string of the molecule is [2H]c1nc(-c2[c-]c(-c3cccc4c3nc(-c3cc(C(C)C)cc(C(C)C)c3O)n4-c3ccc(-c4ccccc4)c(C([2H])([2H])[2H])c3)cc(C(C)(C)C)c2)c([2H])c(-c2c([2H])c([2H])c(C(C([2H])([2H])[2H])(C([2H])([2H])[2H])C([2H])([2H])[2H])c([2H])c2[2H])c1[2H].[Pt]. The van der Waals surface area contributed by atoms with Gasteiger partial charge in [-0.05, 0) is 104 Å². The molecule has 0 saturated carbocycles. The minimum atomic E-state index is -3.94. The Morgan fingerprint density at radius 3 is 2.11 bits per heavy atom. The Labute approximate surface area is 410 Å². The van der Waals surface area contributed by atoms with Gasteiger partial charge in [0.1, 0.15) is 11.6 Å². The molecule has 0 unspecified atom stereocenters. The number of aromatic hydroxyl groups is 1. The van der Waals surface area contributed by atoms with Crippen LogP contribution in [0.5, 0.6) is 5.75 Å². The minimum absolute atomic E-state index is 0. The quantitative estimate of drug-likeness (QED) is 0.154. The molecule has 0 bridgehead atoms. The van der Waals surface area contributed by atoms with E-state index in [1.807, 2.05) is 103 Å². The van der Waals surface area contributed by atoms with Crippen molar-refractivity contribution in [1.82, 2.24) is 14.5 Å². The van der Waals surface area contributed by atoms with Crippen molar-refractivity contribution in [3.8, 4) is 67.5 Å². The van der Waals surface area contributed by atoms with Crippen molar-refractivity contribution < 1.29 is 52.2 Å². The molecule has 0 aliphatic carbocycles. The molecule has 8 aromatic rings. The van der Waals surface area contributed by atoms with Crippen LogP contribution in [0.2, 0.25) is 0 Å². The number of aromatic nitrogens is 3. The number of rotatable bonds is 8. The maximum Gasteiger partial charge on any atom is 0.148 e. The summed E-state index contributed by atoms with van der Waals surface area (Å²) in [4.78, 5) is 9.66. The van der Waals surface area contributed by atoms with Gasteiger partial charge in [-0.2, -0.15) is 0 Å². The van der Waals surface area contributed by atoms with Gasteiger partial charge in [-0.25, -0.2) is 4.98 Å². The second kappa shape index (κ2) is 17.3. The molecule has 318 valence electrons. The third-order valence-corrected chi connectivity index (χ3v) is 10.8. The van der Waals surface area contributed by atoms with Crippen LogP contribution in [0.1, 0.15) is 135 Å². The molecule has 5 heteroatoms. The second-order valence-corrected chi connectivity index (χ2v) is 17.0. The summed E-state index contributed by atoms with van der Waals surface area (Å²) >= 11 is 0. The average molecular weight is 1020 g/mol. The third-order valence-electron chi connectivity index (χ3n) is 10.8. The Morgan fingerprint density at radius 2 is 1.44 bits per heavy atom. The Bertz CT molecular complexity index is 3690. The summed E-state index contributed by atoms with van der Waals surface area (Å²) in [6, 6.07) is 23.9. The molecule has 0 radical (unpaired) electrons. The average Bonchev–Trinajstić information content (AvgIpc) is 3.90. The summed E-state index contributed by atoms with van der Waals surface area (Å²) < 4.78 is 166. The van der Waals surface area contributed by atoms with Crippen molar-refractivity contribution in [2.45, 2.75) is 98.5 Å². The number of benzene rings is 6. The molecule has 2 heterocycles. The van der Waals surface area contributed by atoms with Crippen molar-refractivity contribution >= 4 is 11.0 Å². The Balaban J connectivity index is 0.00000946. The van der Waals surface area contributed by atoms with E-state index in [2.05, 4.69) is 11.1 Å². The van der Waals surface area contributed by atoms with Crippen LogP contribution < -0.4 is 0 Å². The molecule has 4 nitrogen and oxygen atoms in total. The Morgan fingerprint density at radius 1 is 0.694 bits per heavy atom. The zero-order chi connectivity index (χ0) is 59.5. The van der Waals surface area contributed by atoms with Crippen molar-refractivity contribution in [3.05, 3.63) is 167 Å². The summed E-state index contributed by atoms with van der Waals surface area (Å²) in [6.07, 6.45) is -0.783. The smallest absolute Gasteiger partial charge is 0.148 e. The molecule has 8 rings (SSSR count). The first-order valence-corrected chi connectivity index (χ1v) is 20.1. The number of phenols is 1. The first-order valence-electron chi connectivity index (χ1n) is 29.6.